The Bertz CT molecular complexity index is 458. The Kier molecular flexibility index (Phi) is 5.34. The van der Waals surface area contributed by atoms with Gasteiger partial charge in [0, 0.05) is 30.3 Å². The second kappa shape index (κ2) is 7.02. The highest BCUT2D eigenvalue weighted by Gasteiger charge is 2.26. The monoisotopic (exact) mass is 300 g/mol. The standard InChI is InChI=1S/C14H18ClFN2O2/c15-11-2-1-3-12(16)10(11)8-18-14(19)13(17)9-4-6-20-7-5-9/h1-3,9,13H,4-8,17H2,(H,18,19). The molecule has 20 heavy (non-hydrogen) atoms. The number of benzene rings is 1. The molecule has 0 spiro atoms. The van der Waals surface area contributed by atoms with Crippen molar-refractivity contribution in [2.24, 2.45) is 11.7 Å². The molecule has 4 nitrogen and oxygen atoms in total. The maximum Gasteiger partial charge on any atom is 0.237 e. The molecule has 1 unspecified atom stereocenters. The van der Waals surface area contributed by atoms with E-state index in [-0.39, 0.29) is 23.9 Å². The summed E-state index contributed by atoms with van der Waals surface area (Å²) in [6, 6.07) is 3.83. The van der Waals surface area contributed by atoms with Crippen LogP contribution in [0.25, 0.3) is 0 Å². The van der Waals surface area contributed by atoms with Crippen molar-refractivity contribution in [1.82, 2.24) is 5.32 Å². The van der Waals surface area contributed by atoms with Crippen LogP contribution in [0.1, 0.15) is 18.4 Å². The largest absolute Gasteiger partial charge is 0.381 e. The highest BCUT2D eigenvalue weighted by atomic mass is 35.5. The lowest BCUT2D eigenvalue weighted by Gasteiger charge is -2.26. The topological polar surface area (TPSA) is 64.4 Å². The van der Waals surface area contributed by atoms with E-state index in [0.717, 1.165) is 12.8 Å². The van der Waals surface area contributed by atoms with Gasteiger partial charge in [-0.05, 0) is 30.9 Å². The number of rotatable bonds is 4. The molecule has 1 amide bonds. The normalized spacial score (nSPS) is 17.8. The second-order valence-corrected chi connectivity index (χ2v) is 5.30. The lowest BCUT2D eigenvalue weighted by atomic mass is 9.92. The maximum atomic E-state index is 13.6. The first-order chi connectivity index (χ1) is 9.59. The predicted octanol–water partition coefficient (Wildman–Crippen LogP) is 1.85. The van der Waals surface area contributed by atoms with Crippen molar-refractivity contribution < 1.29 is 13.9 Å². The third-order valence-electron chi connectivity index (χ3n) is 3.58. The maximum absolute atomic E-state index is 13.6. The van der Waals surface area contributed by atoms with E-state index in [4.69, 9.17) is 22.1 Å². The highest BCUT2D eigenvalue weighted by molar-refractivity contribution is 6.31. The van der Waals surface area contributed by atoms with Crippen LogP contribution in [0, 0.1) is 11.7 Å². The van der Waals surface area contributed by atoms with Crippen molar-refractivity contribution in [3.8, 4) is 0 Å². The van der Waals surface area contributed by atoms with E-state index in [1.165, 1.54) is 12.1 Å². The van der Waals surface area contributed by atoms with Gasteiger partial charge in [-0.2, -0.15) is 0 Å². The summed E-state index contributed by atoms with van der Waals surface area (Å²) in [7, 11) is 0. The first-order valence-corrected chi connectivity index (χ1v) is 7.01. The molecule has 1 aromatic rings. The summed E-state index contributed by atoms with van der Waals surface area (Å²) in [6.45, 7) is 1.30. The molecular formula is C14H18ClFN2O2. The van der Waals surface area contributed by atoms with Crippen LogP contribution in [-0.2, 0) is 16.1 Å². The molecule has 1 aliphatic heterocycles. The van der Waals surface area contributed by atoms with Crippen LogP contribution < -0.4 is 11.1 Å². The molecule has 0 aliphatic carbocycles. The third kappa shape index (κ3) is 3.69. The summed E-state index contributed by atoms with van der Waals surface area (Å²) >= 11 is 5.90. The summed E-state index contributed by atoms with van der Waals surface area (Å²) < 4.78 is 18.8. The van der Waals surface area contributed by atoms with Gasteiger partial charge in [0.2, 0.25) is 5.91 Å². The summed E-state index contributed by atoms with van der Waals surface area (Å²) in [4.78, 5) is 12.0. The van der Waals surface area contributed by atoms with E-state index in [2.05, 4.69) is 5.32 Å². The number of hydrogen-bond donors (Lipinski definition) is 2. The minimum Gasteiger partial charge on any atom is -0.381 e. The predicted molar refractivity (Wildman–Crippen MR) is 74.8 cm³/mol. The number of nitrogens with two attached hydrogens (primary N) is 1. The molecule has 0 saturated carbocycles. The van der Waals surface area contributed by atoms with E-state index in [0.29, 0.717) is 18.2 Å². The molecule has 1 aliphatic rings. The molecule has 1 saturated heterocycles. The number of carbonyl (C=O) groups excluding carboxylic acids is 1. The minimum atomic E-state index is -0.593. The Labute approximate surface area is 122 Å². The van der Waals surface area contributed by atoms with E-state index in [1.54, 1.807) is 6.07 Å². The van der Waals surface area contributed by atoms with Crippen LogP contribution in [0.4, 0.5) is 4.39 Å². The summed E-state index contributed by atoms with van der Waals surface area (Å²) in [5.41, 5.74) is 6.22. The summed E-state index contributed by atoms with van der Waals surface area (Å²) in [6.07, 6.45) is 1.55. The highest BCUT2D eigenvalue weighted by Crippen LogP contribution is 2.20. The summed E-state index contributed by atoms with van der Waals surface area (Å²) in [5, 5.41) is 2.94. The van der Waals surface area contributed by atoms with Crippen molar-refractivity contribution in [3.05, 3.63) is 34.6 Å². The average molecular weight is 301 g/mol. The van der Waals surface area contributed by atoms with Gasteiger partial charge in [0.15, 0.2) is 0 Å². The Morgan fingerprint density at radius 3 is 2.85 bits per heavy atom. The van der Waals surface area contributed by atoms with Gasteiger partial charge in [-0.1, -0.05) is 17.7 Å². The van der Waals surface area contributed by atoms with Gasteiger partial charge in [-0.15, -0.1) is 0 Å². The van der Waals surface area contributed by atoms with E-state index < -0.39 is 11.9 Å². The number of nitrogens with one attached hydrogen (secondary N) is 1. The zero-order chi connectivity index (χ0) is 14.5. The number of amides is 1. The molecular weight excluding hydrogens is 283 g/mol. The molecule has 1 aromatic carbocycles. The van der Waals surface area contributed by atoms with Gasteiger partial charge >= 0.3 is 0 Å². The fraction of sp³-hybridized carbons (Fsp3) is 0.500. The summed E-state index contributed by atoms with van der Waals surface area (Å²) in [5.74, 6) is -0.603. The molecule has 1 fully saturated rings. The molecule has 2 rings (SSSR count). The molecule has 1 heterocycles. The van der Waals surface area contributed by atoms with Crippen LogP contribution in [0.2, 0.25) is 5.02 Å². The SMILES string of the molecule is NC(C(=O)NCc1c(F)cccc1Cl)C1CCOCC1. The Hall–Kier alpha value is -1.17. The van der Waals surface area contributed by atoms with E-state index in [9.17, 15) is 9.18 Å². The minimum absolute atomic E-state index is 0.0429. The number of carbonyl (C=O) groups is 1. The quantitative estimate of drug-likeness (QED) is 0.892. The fourth-order valence-electron chi connectivity index (χ4n) is 2.28. The van der Waals surface area contributed by atoms with Crippen LogP contribution in [0.15, 0.2) is 18.2 Å². The second-order valence-electron chi connectivity index (χ2n) is 4.89. The van der Waals surface area contributed by atoms with Crippen LogP contribution in [0.5, 0.6) is 0 Å². The van der Waals surface area contributed by atoms with Gasteiger partial charge < -0.3 is 15.8 Å². The molecule has 0 bridgehead atoms. The van der Waals surface area contributed by atoms with E-state index >= 15 is 0 Å². The van der Waals surface area contributed by atoms with Gasteiger partial charge in [0.25, 0.3) is 0 Å². The lowest BCUT2D eigenvalue weighted by molar-refractivity contribution is -0.124. The number of hydrogen-bond acceptors (Lipinski definition) is 3. The molecule has 110 valence electrons. The first-order valence-electron chi connectivity index (χ1n) is 6.63. The Balaban J connectivity index is 1.91. The van der Waals surface area contributed by atoms with Gasteiger partial charge in [0.05, 0.1) is 6.04 Å². The molecule has 6 heteroatoms. The van der Waals surface area contributed by atoms with Crippen molar-refractivity contribution >= 4 is 17.5 Å². The van der Waals surface area contributed by atoms with Gasteiger partial charge in [-0.3, -0.25) is 4.79 Å². The molecule has 0 aromatic heterocycles. The Morgan fingerprint density at radius 1 is 1.50 bits per heavy atom. The number of ether oxygens (including phenoxy) is 1. The molecule has 3 N–H and O–H groups in total. The molecule has 0 radical (unpaired) electrons. The zero-order valence-corrected chi connectivity index (χ0v) is 11.8. The van der Waals surface area contributed by atoms with Crippen LogP contribution in [-0.4, -0.2) is 25.2 Å². The fourth-order valence-corrected chi connectivity index (χ4v) is 2.51. The number of halogens is 2. The van der Waals surface area contributed by atoms with Crippen molar-refractivity contribution in [2.75, 3.05) is 13.2 Å². The Morgan fingerprint density at radius 2 is 2.20 bits per heavy atom. The first kappa shape index (κ1) is 15.2. The van der Waals surface area contributed by atoms with E-state index in [1.807, 2.05) is 0 Å². The lowest BCUT2D eigenvalue weighted by Crippen LogP contribution is -2.46. The van der Waals surface area contributed by atoms with Crippen LogP contribution in [0.3, 0.4) is 0 Å². The van der Waals surface area contributed by atoms with Crippen molar-refractivity contribution in [2.45, 2.75) is 25.4 Å². The average Bonchev–Trinajstić information content (AvgIpc) is 2.46. The van der Waals surface area contributed by atoms with Crippen molar-refractivity contribution in [1.29, 1.82) is 0 Å². The molecule has 1 atom stereocenters. The van der Waals surface area contributed by atoms with Crippen molar-refractivity contribution in [3.63, 3.8) is 0 Å². The van der Waals surface area contributed by atoms with Gasteiger partial charge in [0.1, 0.15) is 5.82 Å². The smallest absolute Gasteiger partial charge is 0.237 e. The zero-order valence-electron chi connectivity index (χ0n) is 11.1. The third-order valence-corrected chi connectivity index (χ3v) is 3.93. The van der Waals surface area contributed by atoms with Gasteiger partial charge in [-0.25, -0.2) is 4.39 Å². The van der Waals surface area contributed by atoms with Crippen LogP contribution >= 0.6 is 11.6 Å².